The average Bonchev–Trinajstić information content (AvgIpc) is 2.57. The highest BCUT2D eigenvalue weighted by Crippen LogP contribution is 2.29. The standard InChI is InChI=1S/C13H21N3O3/c1-8(17)14-10(6-11(18)19)9-7-16(5)15-12(9)13(2,3)4/h7,10H,6H2,1-5H3,(H,14,17)(H,18,19)/t10-/m0/s1. The fourth-order valence-corrected chi connectivity index (χ4v) is 2.00. The summed E-state index contributed by atoms with van der Waals surface area (Å²) in [6, 6.07) is -0.557. The lowest BCUT2D eigenvalue weighted by Crippen LogP contribution is -2.30. The third-order valence-electron chi connectivity index (χ3n) is 2.70. The number of aryl methyl sites for hydroxylation is 1. The normalized spacial score (nSPS) is 13.1. The lowest BCUT2D eigenvalue weighted by atomic mass is 9.87. The van der Waals surface area contributed by atoms with E-state index in [1.165, 1.54) is 6.92 Å². The lowest BCUT2D eigenvalue weighted by molar-refractivity contribution is -0.137. The SMILES string of the molecule is CC(=O)N[C@@H](CC(=O)O)c1cn(C)nc1C(C)(C)C. The van der Waals surface area contributed by atoms with E-state index >= 15 is 0 Å². The van der Waals surface area contributed by atoms with Crippen LogP contribution in [0.4, 0.5) is 0 Å². The Morgan fingerprint density at radius 1 is 1.47 bits per heavy atom. The zero-order chi connectivity index (χ0) is 14.8. The molecule has 0 saturated heterocycles. The van der Waals surface area contributed by atoms with Crippen LogP contribution in [0.5, 0.6) is 0 Å². The molecule has 0 unspecified atom stereocenters. The van der Waals surface area contributed by atoms with E-state index in [1.54, 1.807) is 17.9 Å². The molecule has 0 bridgehead atoms. The molecule has 0 fully saturated rings. The average molecular weight is 267 g/mol. The van der Waals surface area contributed by atoms with Gasteiger partial charge in [-0.3, -0.25) is 14.3 Å². The number of carboxylic acids is 1. The maximum atomic E-state index is 11.2. The maximum Gasteiger partial charge on any atom is 0.305 e. The van der Waals surface area contributed by atoms with Gasteiger partial charge >= 0.3 is 5.97 Å². The first-order valence-electron chi connectivity index (χ1n) is 6.14. The van der Waals surface area contributed by atoms with Gasteiger partial charge in [-0.2, -0.15) is 5.10 Å². The van der Waals surface area contributed by atoms with E-state index in [-0.39, 0.29) is 17.7 Å². The molecule has 0 aliphatic carbocycles. The molecule has 19 heavy (non-hydrogen) atoms. The number of carboxylic acid groups (broad SMARTS) is 1. The van der Waals surface area contributed by atoms with Crippen LogP contribution in [0.2, 0.25) is 0 Å². The van der Waals surface area contributed by atoms with Gasteiger partial charge in [-0.15, -0.1) is 0 Å². The van der Waals surface area contributed by atoms with Crippen LogP contribution in [0.25, 0.3) is 0 Å². The summed E-state index contributed by atoms with van der Waals surface area (Å²) in [4.78, 5) is 22.2. The summed E-state index contributed by atoms with van der Waals surface area (Å²) in [5.41, 5.74) is 1.34. The topological polar surface area (TPSA) is 84.2 Å². The van der Waals surface area contributed by atoms with Crippen LogP contribution in [0.1, 0.15) is 51.4 Å². The summed E-state index contributed by atoms with van der Waals surface area (Å²) in [5.74, 6) is -1.21. The van der Waals surface area contributed by atoms with Gasteiger partial charge in [-0.25, -0.2) is 0 Å². The van der Waals surface area contributed by atoms with Crippen molar-refractivity contribution in [2.45, 2.75) is 45.6 Å². The largest absolute Gasteiger partial charge is 0.481 e. The number of nitrogens with zero attached hydrogens (tertiary/aromatic N) is 2. The van der Waals surface area contributed by atoms with Crippen LogP contribution < -0.4 is 5.32 Å². The van der Waals surface area contributed by atoms with Crippen LogP contribution in [0.3, 0.4) is 0 Å². The molecule has 0 radical (unpaired) electrons. The van der Waals surface area contributed by atoms with Gasteiger partial charge in [0.15, 0.2) is 0 Å². The Bertz CT molecular complexity index is 470. The lowest BCUT2D eigenvalue weighted by Gasteiger charge is -2.22. The number of amides is 1. The van der Waals surface area contributed by atoms with Crippen molar-refractivity contribution in [3.63, 3.8) is 0 Å². The van der Waals surface area contributed by atoms with Crippen LogP contribution in [-0.2, 0) is 22.1 Å². The monoisotopic (exact) mass is 267 g/mol. The van der Waals surface area contributed by atoms with Crippen molar-refractivity contribution in [3.05, 3.63) is 17.5 Å². The van der Waals surface area contributed by atoms with Gasteiger partial charge in [-0.05, 0) is 0 Å². The molecule has 1 amide bonds. The predicted molar refractivity (Wildman–Crippen MR) is 70.7 cm³/mol. The Morgan fingerprint density at radius 3 is 2.47 bits per heavy atom. The van der Waals surface area contributed by atoms with E-state index in [2.05, 4.69) is 10.4 Å². The summed E-state index contributed by atoms with van der Waals surface area (Å²) >= 11 is 0. The Labute approximate surface area is 112 Å². The Hall–Kier alpha value is -1.85. The van der Waals surface area contributed by atoms with Gasteiger partial charge in [0, 0.05) is 31.1 Å². The van der Waals surface area contributed by atoms with Crippen molar-refractivity contribution in [1.29, 1.82) is 0 Å². The summed E-state index contributed by atoms with van der Waals surface area (Å²) in [7, 11) is 1.78. The number of carbonyl (C=O) groups is 2. The number of hydrogen-bond donors (Lipinski definition) is 2. The maximum absolute atomic E-state index is 11.2. The molecule has 0 aliphatic rings. The molecule has 1 heterocycles. The van der Waals surface area contributed by atoms with Crippen molar-refractivity contribution in [2.75, 3.05) is 0 Å². The summed E-state index contributed by atoms with van der Waals surface area (Å²) < 4.78 is 1.65. The van der Waals surface area contributed by atoms with Gasteiger partial charge in [0.2, 0.25) is 5.91 Å². The van der Waals surface area contributed by atoms with Crippen molar-refractivity contribution in [3.8, 4) is 0 Å². The number of aliphatic carboxylic acids is 1. The van der Waals surface area contributed by atoms with Crippen molar-refractivity contribution in [2.24, 2.45) is 7.05 Å². The zero-order valence-electron chi connectivity index (χ0n) is 12.0. The molecule has 1 rings (SSSR count). The fraction of sp³-hybridized carbons (Fsp3) is 0.615. The van der Waals surface area contributed by atoms with Crippen LogP contribution >= 0.6 is 0 Å². The van der Waals surface area contributed by atoms with E-state index in [0.29, 0.717) is 0 Å². The number of aromatic nitrogens is 2. The van der Waals surface area contributed by atoms with E-state index in [0.717, 1.165) is 11.3 Å². The van der Waals surface area contributed by atoms with Crippen LogP contribution in [-0.4, -0.2) is 26.8 Å². The van der Waals surface area contributed by atoms with E-state index < -0.39 is 12.0 Å². The first-order valence-corrected chi connectivity index (χ1v) is 6.14. The Morgan fingerprint density at radius 2 is 2.05 bits per heavy atom. The molecule has 106 valence electrons. The third kappa shape index (κ3) is 4.08. The summed E-state index contributed by atoms with van der Waals surface area (Å²) in [6.45, 7) is 7.39. The molecule has 6 nitrogen and oxygen atoms in total. The molecular formula is C13H21N3O3. The Balaban J connectivity index is 3.21. The summed E-state index contributed by atoms with van der Waals surface area (Å²) in [6.07, 6.45) is 1.61. The molecular weight excluding hydrogens is 246 g/mol. The van der Waals surface area contributed by atoms with E-state index in [9.17, 15) is 9.59 Å². The third-order valence-corrected chi connectivity index (χ3v) is 2.70. The minimum absolute atomic E-state index is 0.158. The highest BCUT2D eigenvalue weighted by atomic mass is 16.4. The van der Waals surface area contributed by atoms with E-state index in [4.69, 9.17) is 5.11 Å². The minimum Gasteiger partial charge on any atom is -0.481 e. The number of rotatable bonds is 4. The first kappa shape index (κ1) is 15.2. The number of nitrogens with one attached hydrogen (secondary N) is 1. The van der Waals surface area contributed by atoms with Crippen molar-refractivity contribution < 1.29 is 14.7 Å². The minimum atomic E-state index is -0.956. The molecule has 2 N–H and O–H groups in total. The highest BCUT2D eigenvalue weighted by molar-refractivity contribution is 5.75. The molecule has 1 atom stereocenters. The quantitative estimate of drug-likeness (QED) is 0.863. The molecule has 1 aromatic rings. The fourth-order valence-electron chi connectivity index (χ4n) is 2.00. The van der Waals surface area contributed by atoms with E-state index in [1.807, 2.05) is 20.8 Å². The summed E-state index contributed by atoms with van der Waals surface area (Å²) in [5, 5.41) is 16.1. The van der Waals surface area contributed by atoms with Gasteiger partial charge in [-0.1, -0.05) is 20.8 Å². The molecule has 0 aliphatic heterocycles. The molecule has 0 spiro atoms. The first-order chi connectivity index (χ1) is 8.61. The number of carbonyl (C=O) groups excluding carboxylic acids is 1. The van der Waals surface area contributed by atoms with Gasteiger partial charge < -0.3 is 10.4 Å². The van der Waals surface area contributed by atoms with Gasteiger partial charge in [0.1, 0.15) is 0 Å². The van der Waals surface area contributed by atoms with Crippen molar-refractivity contribution >= 4 is 11.9 Å². The second-order valence-electron chi connectivity index (χ2n) is 5.71. The van der Waals surface area contributed by atoms with Crippen LogP contribution in [0, 0.1) is 0 Å². The molecule has 0 saturated carbocycles. The predicted octanol–water partition coefficient (Wildman–Crippen LogP) is 1.37. The van der Waals surface area contributed by atoms with Gasteiger partial charge in [0.25, 0.3) is 0 Å². The molecule has 6 heteroatoms. The van der Waals surface area contributed by atoms with Crippen LogP contribution in [0.15, 0.2) is 6.20 Å². The number of hydrogen-bond acceptors (Lipinski definition) is 3. The second kappa shape index (κ2) is 5.42. The zero-order valence-corrected chi connectivity index (χ0v) is 12.0. The smallest absolute Gasteiger partial charge is 0.305 e. The second-order valence-corrected chi connectivity index (χ2v) is 5.71. The Kier molecular flexibility index (Phi) is 4.34. The highest BCUT2D eigenvalue weighted by Gasteiger charge is 2.28. The van der Waals surface area contributed by atoms with Crippen molar-refractivity contribution in [1.82, 2.24) is 15.1 Å². The molecule has 1 aromatic heterocycles. The van der Waals surface area contributed by atoms with Gasteiger partial charge in [0.05, 0.1) is 18.2 Å². The molecule has 0 aromatic carbocycles.